The number of hydrogen-bond acceptors (Lipinski definition) is 3. The molecule has 0 bridgehead atoms. The number of rotatable bonds is 0. The molecule has 100 valence electrons. The lowest BCUT2D eigenvalue weighted by atomic mass is 9.72. The van der Waals surface area contributed by atoms with Gasteiger partial charge in [-0.15, -0.1) is 0 Å². The minimum atomic E-state index is -1.05. The van der Waals surface area contributed by atoms with E-state index in [2.05, 4.69) is 20.8 Å². The molecule has 0 saturated heterocycles. The van der Waals surface area contributed by atoms with E-state index in [1.807, 2.05) is 6.07 Å². The molecule has 2 aromatic rings. The highest BCUT2D eigenvalue weighted by atomic mass is 35.5. The molecule has 0 unspecified atom stereocenters. The van der Waals surface area contributed by atoms with Crippen molar-refractivity contribution in [3.8, 4) is 0 Å². The van der Waals surface area contributed by atoms with Crippen molar-refractivity contribution in [1.82, 2.24) is 10.2 Å². The van der Waals surface area contributed by atoms with Gasteiger partial charge in [-0.1, -0.05) is 23.7 Å². The van der Waals surface area contributed by atoms with Crippen LogP contribution in [0.3, 0.4) is 0 Å². The number of amides is 2. The van der Waals surface area contributed by atoms with Gasteiger partial charge < -0.3 is 10.6 Å². The minimum absolute atomic E-state index is 0.0404. The monoisotopic (exact) mass is 288 g/mol. The Bertz CT molecular complexity index is 769. The molecule has 3 heterocycles. The molecular weight excluding hydrogens is 280 g/mol. The number of halogens is 1. The molecule has 1 aromatic carbocycles. The lowest BCUT2D eigenvalue weighted by molar-refractivity contribution is -0.125. The number of carbonyl (C=O) groups is 2. The van der Waals surface area contributed by atoms with Crippen molar-refractivity contribution in [2.75, 3.05) is 10.6 Å². The normalized spacial score (nSPS) is 23.2. The molecule has 1 spiro atoms. The van der Waals surface area contributed by atoms with Gasteiger partial charge in [-0.05, 0) is 11.6 Å². The van der Waals surface area contributed by atoms with Gasteiger partial charge in [-0.2, -0.15) is 5.10 Å². The second-order valence-corrected chi connectivity index (χ2v) is 5.31. The summed E-state index contributed by atoms with van der Waals surface area (Å²) >= 11 is 6.14. The zero-order valence-corrected chi connectivity index (χ0v) is 10.9. The van der Waals surface area contributed by atoms with E-state index in [4.69, 9.17) is 11.6 Å². The molecule has 1 atom stereocenters. The van der Waals surface area contributed by atoms with E-state index >= 15 is 0 Å². The third kappa shape index (κ3) is 1.21. The summed E-state index contributed by atoms with van der Waals surface area (Å²) in [4.78, 5) is 24.5. The smallest absolute Gasteiger partial charge is 0.240 e. The lowest BCUT2D eigenvalue weighted by Gasteiger charge is -2.30. The van der Waals surface area contributed by atoms with E-state index in [0.29, 0.717) is 27.7 Å². The number of para-hydroxylation sites is 1. The number of aromatic amines is 1. The molecule has 0 fully saturated rings. The Morgan fingerprint density at radius 3 is 2.90 bits per heavy atom. The molecule has 1 aromatic heterocycles. The maximum Gasteiger partial charge on any atom is 0.240 e. The fourth-order valence-corrected chi connectivity index (χ4v) is 3.24. The first-order valence-electron chi connectivity index (χ1n) is 6.07. The Morgan fingerprint density at radius 2 is 2.05 bits per heavy atom. The Kier molecular flexibility index (Phi) is 2.07. The van der Waals surface area contributed by atoms with Gasteiger partial charge in [0.2, 0.25) is 11.8 Å². The van der Waals surface area contributed by atoms with E-state index in [1.54, 1.807) is 18.3 Å². The summed E-state index contributed by atoms with van der Waals surface area (Å²) in [5.74, 6) is -0.0212. The highest BCUT2D eigenvalue weighted by Gasteiger charge is 2.54. The SMILES string of the molecule is O=C1C[C@]2(C(=O)Nc3c(Cl)cccc32)c2cn[nH]c2N1. The second-order valence-electron chi connectivity index (χ2n) is 4.91. The Hall–Kier alpha value is -2.34. The van der Waals surface area contributed by atoms with Crippen LogP contribution in [-0.4, -0.2) is 22.0 Å². The minimum Gasteiger partial charge on any atom is -0.323 e. The van der Waals surface area contributed by atoms with Crippen molar-refractivity contribution >= 4 is 34.9 Å². The first-order valence-corrected chi connectivity index (χ1v) is 6.45. The van der Waals surface area contributed by atoms with Crippen molar-refractivity contribution in [3.05, 3.63) is 40.5 Å². The van der Waals surface area contributed by atoms with Gasteiger partial charge in [0.05, 0.1) is 16.9 Å². The fourth-order valence-electron chi connectivity index (χ4n) is 3.02. The van der Waals surface area contributed by atoms with Crippen molar-refractivity contribution in [3.63, 3.8) is 0 Å². The average Bonchev–Trinajstić information content (AvgIpc) is 2.97. The van der Waals surface area contributed by atoms with Crippen LogP contribution in [-0.2, 0) is 15.0 Å². The molecule has 7 heteroatoms. The Balaban J connectivity index is 2.06. The lowest BCUT2D eigenvalue weighted by Crippen LogP contribution is -2.43. The van der Waals surface area contributed by atoms with Crippen molar-refractivity contribution < 1.29 is 9.59 Å². The molecular formula is C13H9ClN4O2. The van der Waals surface area contributed by atoms with Gasteiger partial charge in [0.1, 0.15) is 11.2 Å². The van der Waals surface area contributed by atoms with Crippen LogP contribution in [0.4, 0.5) is 11.5 Å². The molecule has 20 heavy (non-hydrogen) atoms. The molecule has 6 nitrogen and oxygen atoms in total. The number of nitrogens with zero attached hydrogens (tertiary/aromatic N) is 1. The molecule has 3 N–H and O–H groups in total. The largest absolute Gasteiger partial charge is 0.323 e. The van der Waals surface area contributed by atoms with Gasteiger partial charge in [-0.3, -0.25) is 14.7 Å². The molecule has 0 saturated carbocycles. The standard InChI is InChI=1S/C13H9ClN4O2/c14-8-3-1-2-6-10(8)17-12(20)13(6)4-9(19)16-11-7(13)5-15-18-11/h1-3,5H,4H2,(H,17,20)(H2,15,16,18,19)/t13-/m1/s1. The topological polar surface area (TPSA) is 86.9 Å². The van der Waals surface area contributed by atoms with Crippen LogP contribution < -0.4 is 10.6 Å². The van der Waals surface area contributed by atoms with E-state index in [1.165, 1.54) is 0 Å². The molecule has 0 radical (unpaired) electrons. The van der Waals surface area contributed by atoms with Gasteiger partial charge >= 0.3 is 0 Å². The summed E-state index contributed by atoms with van der Waals surface area (Å²) < 4.78 is 0. The van der Waals surface area contributed by atoms with Crippen molar-refractivity contribution in [2.45, 2.75) is 11.8 Å². The highest BCUT2D eigenvalue weighted by molar-refractivity contribution is 6.35. The number of carbonyl (C=O) groups excluding carboxylic acids is 2. The Morgan fingerprint density at radius 1 is 1.20 bits per heavy atom. The van der Waals surface area contributed by atoms with Crippen molar-refractivity contribution in [2.24, 2.45) is 0 Å². The van der Waals surface area contributed by atoms with Crippen LogP contribution >= 0.6 is 11.6 Å². The predicted octanol–water partition coefficient (Wildman–Crippen LogP) is 1.64. The van der Waals surface area contributed by atoms with E-state index in [9.17, 15) is 9.59 Å². The van der Waals surface area contributed by atoms with Crippen LogP contribution in [0.1, 0.15) is 17.5 Å². The summed E-state index contributed by atoms with van der Waals surface area (Å²) in [6.07, 6.45) is 1.61. The Labute approximate surface area is 118 Å². The third-order valence-corrected chi connectivity index (χ3v) is 4.20. The number of anilines is 2. The average molecular weight is 289 g/mol. The summed E-state index contributed by atoms with van der Waals surface area (Å²) in [6.45, 7) is 0. The van der Waals surface area contributed by atoms with Gasteiger partial charge in [0.25, 0.3) is 0 Å². The zero-order chi connectivity index (χ0) is 13.9. The number of benzene rings is 1. The number of aromatic nitrogens is 2. The number of fused-ring (bicyclic) bond motifs is 4. The summed E-state index contributed by atoms with van der Waals surface area (Å²) in [7, 11) is 0. The quantitative estimate of drug-likeness (QED) is 0.689. The third-order valence-electron chi connectivity index (χ3n) is 3.89. The number of nitrogens with one attached hydrogen (secondary N) is 3. The van der Waals surface area contributed by atoms with Crippen LogP contribution in [0, 0.1) is 0 Å². The van der Waals surface area contributed by atoms with E-state index in [0.717, 1.165) is 0 Å². The molecule has 2 amide bonds. The maximum absolute atomic E-state index is 12.6. The number of H-pyrrole nitrogens is 1. The predicted molar refractivity (Wildman–Crippen MR) is 72.7 cm³/mol. The fraction of sp³-hybridized carbons (Fsp3) is 0.154. The summed E-state index contributed by atoms with van der Waals surface area (Å²) in [5.41, 5.74) is 0.898. The van der Waals surface area contributed by atoms with E-state index in [-0.39, 0.29) is 18.2 Å². The van der Waals surface area contributed by atoms with Crippen molar-refractivity contribution in [1.29, 1.82) is 0 Å². The molecule has 2 aliphatic heterocycles. The van der Waals surface area contributed by atoms with Crippen LogP contribution in [0.15, 0.2) is 24.4 Å². The van der Waals surface area contributed by atoms with E-state index < -0.39 is 5.41 Å². The molecule has 0 aliphatic carbocycles. The first-order chi connectivity index (χ1) is 9.63. The number of hydrogen-bond donors (Lipinski definition) is 3. The summed E-state index contributed by atoms with van der Waals surface area (Å²) in [5, 5.41) is 12.6. The maximum atomic E-state index is 12.6. The first kappa shape index (κ1) is 11.5. The van der Waals surface area contributed by atoms with Crippen LogP contribution in [0.25, 0.3) is 0 Å². The van der Waals surface area contributed by atoms with Gasteiger partial charge in [-0.25, -0.2) is 0 Å². The highest BCUT2D eigenvalue weighted by Crippen LogP contribution is 2.50. The van der Waals surface area contributed by atoms with Crippen LogP contribution in [0.5, 0.6) is 0 Å². The van der Waals surface area contributed by atoms with Gasteiger partial charge in [0.15, 0.2) is 0 Å². The van der Waals surface area contributed by atoms with Crippen LogP contribution in [0.2, 0.25) is 5.02 Å². The summed E-state index contributed by atoms with van der Waals surface area (Å²) in [6, 6.07) is 5.29. The molecule has 4 rings (SSSR count). The zero-order valence-electron chi connectivity index (χ0n) is 10.2. The molecule has 2 aliphatic rings. The second kappa shape index (κ2) is 3.61. The van der Waals surface area contributed by atoms with Gasteiger partial charge in [0, 0.05) is 12.0 Å².